The molecule has 0 rings (SSSR count). The summed E-state index contributed by atoms with van der Waals surface area (Å²) in [7, 11) is 0. The fourth-order valence-corrected chi connectivity index (χ4v) is 2.62. The highest BCUT2D eigenvalue weighted by molar-refractivity contribution is 4.83. The summed E-state index contributed by atoms with van der Waals surface area (Å²) in [5, 5.41) is 0. The summed E-state index contributed by atoms with van der Waals surface area (Å²) >= 11 is 0. The Morgan fingerprint density at radius 3 is 1.79 bits per heavy atom. The van der Waals surface area contributed by atoms with Crippen LogP contribution in [0, 0.1) is 23.2 Å². The third-order valence-electron chi connectivity index (χ3n) is 4.06. The highest BCUT2D eigenvalue weighted by Gasteiger charge is 2.33. The predicted octanol–water partition coefficient (Wildman–Crippen LogP) is 5.13. The van der Waals surface area contributed by atoms with Crippen LogP contribution in [-0.2, 0) is 0 Å². The normalized spacial score (nSPS) is 18.6. The molecule has 0 aliphatic carbocycles. The van der Waals surface area contributed by atoms with E-state index in [1.807, 2.05) is 0 Å². The molecule has 0 aromatic carbocycles. The molecule has 0 bridgehead atoms. The summed E-state index contributed by atoms with van der Waals surface area (Å²) in [5.74, 6) is 2.48. The highest BCUT2D eigenvalue weighted by atomic mass is 14.4. The Morgan fingerprint density at radius 1 is 1.00 bits per heavy atom. The van der Waals surface area contributed by atoms with Gasteiger partial charge >= 0.3 is 0 Å². The smallest absolute Gasteiger partial charge is 0.0277 e. The molecule has 0 aliphatic rings. The maximum Gasteiger partial charge on any atom is -0.0277 e. The van der Waals surface area contributed by atoms with Crippen molar-refractivity contribution in [3.05, 3.63) is 0 Å². The summed E-state index contributed by atoms with van der Waals surface area (Å²) in [5.41, 5.74) is 0.541. The van der Waals surface area contributed by atoms with Gasteiger partial charge in [0.05, 0.1) is 0 Å². The molecular weight excluding hydrogens is 168 g/mol. The largest absolute Gasteiger partial charge is 0.0654 e. The summed E-state index contributed by atoms with van der Waals surface area (Å²) in [6, 6.07) is 0. The molecule has 0 heteroatoms. The van der Waals surface area contributed by atoms with Gasteiger partial charge < -0.3 is 0 Å². The third kappa shape index (κ3) is 3.63. The van der Waals surface area contributed by atoms with Crippen molar-refractivity contribution in [2.24, 2.45) is 23.2 Å². The lowest BCUT2D eigenvalue weighted by Gasteiger charge is -2.40. The van der Waals surface area contributed by atoms with Crippen molar-refractivity contribution >= 4 is 0 Å². The lowest BCUT2D eigenvalue weighted by molar-refractivity contribution is 0.0943. The van der Waals surface area contributed by atoms with Gasteiger partial charge in [-0.2, -0.15) is 0 Å². The van der Waals surface area contributed by atoms with Gasteiger partial charge in [0.2, 0.25) is 0 Å². The zero-order valence-electron chi connectivity index (χ0n) is 11.4. The maximum atomic E-state index is 2.48. The van der Waals surface area contributed by atoms with Gasteiger partial charge in [-0.15, -0.1) is 0 Å². The molecule has 0 saturated carbocycles. The second-order valence-electron chi connectivity index (χ2n) is 5.94. The van der Waals surface area contributed by atoms with Crippen LogP contribution >= 0.6 is 0 Å². The van der Waals surface area contributed by atoms with E-state index in [1.54, 1.807) is 0 Å². The van der Waals surface area contributed by atoms with E-state index in [9.17, 15) is 0 Å². The van der Waals surface area contributed by atoms with Crippen LogP contribution in [0.15, 0.2) is 0 Å². The first kappa shape index (κ1) is 14.0. The van der Waals surface area contributed by atoms with Crippen molar-refractivity contribution in [2.75, 3.05) is 0 Å². The van der Waals surface area contributed by atoms with Crippen LogP contribution in [0.1, 0.15) is 67.7 Å². The summed E-state index contributed by atoms with van der Waals surface area (Å²) in [4.78, 5) is 0. The second-order valence-corrected chi connectivity index (χ2v) is 5.94. The fraction of sp³-hybridized carbons (Fsp3) is 1.00. The first-order valence-corrected chi connectivity index (χ1v) is 6.34. The van der Waals surface area contributed by atoms with Crippen LogP contribution in [0.3, 0.4) is 0 Å². The molecule has 0 radical (unpaired) electrons. The first-order chi connectivity index (χ1) is 6.34. The topological polar surface area (TPSA) is 0 Å². The van der Waals surface area contributed by atoms with Crippen molar-refractivity contribution in [3.63, 3.8) is 0 Å². The Balaban J connectivity index is 4.46. The molecule has 2 unspecified atom stereocenters. The van der Waals surface area contributed by atoms with Crippen LogP contribution < -0.4 is 0 Å². The average Bonchev–Trinajstić information content (AvgIpc) is 2.02. The van der Waals surface area contributed by atoms with Gasteiger partial charge in [-0.25, -0.2) is 0 Å². The molecule has 0 spiro atoms. The fourth-order valence-electron chi connectivity index (χ4n) is 2.62. The minimum atomic E-state index is 0.541. The Kier molecular flexibility index (Phi) is 5.78. The molecule has 0 saturated heterocycles. The van der Waals surface area contributed by atoms with E-state index in [2.05, 4.69) is 48.5 Å². The molecule has 0 fully saturated rings. The van der Waals surface area contributed by atoms with Gasteiger partial charge in [-0.1, -0.05) is 54.9 Å². The molecule has 0 N–H and O–H groups in total. The monoisotopic (exact) mass is 198 g/mol. The van der Waals surface area contributed by atoms with Crippen molar-refractivity contribution in [1.82, 2.24) is 0 Å². The van der Waals surface area contributed by atoms with Crippen molar-refractivity contribution < 1.29 is 0 Å². The average molecular weight is 198 g/mol. The van der Waals surface area contributed by atoms with E-state index >= 15 is 0 Å². The minimum Gasteiger partial charge on any atom is -0.0654 e. The van der Waals surface area contributed by atoms with Crippen molar-refractivity contribution in [3.8, 4) is 0 Å². The second kappa shape index (κ2) is 5.78. The van der Waals surface area contributed by atoms with Gasteiger partial charge in [-0.05, 0) is 36.0 Å². The molecule has 14 heavy (non-hydrogen) atoms. The van der Waals surface area contributed by atoms with Gasteiger partial charge in [-0.3, -0.25) is 0 Å². The van der Waals surface area contributed by atoms with E-state index in [0.717, 1.165) is 17.8 Å². The van der Waals surface area contributed by atoms with E-state index < -0.39 is 0 Å². The van der Waals surface area contributed by atoms with Crippen LogP contribution in [0.4, 0.5) is 0 Å². The minimum absolute atomic E-state index is 0.541. The van der Waals surface area contributed by atoms with Gasteiger partial charge in [0.1, 0.15) is 0 Å². The molecular formula is C14H30. The van der Waals surface area contributed by atoms with Gasteiger partial charge in [0.25, 0.3) is 0 Å². The summed E-state index contributed by atoms with van der Waals surface area (Å²) < 4.78 is 0. The van der Waals surface area contributed by atoms with Crippen molar-refractivity contribution in [2.45, 2.75) is 67.7 Å². The summed E-state index contributed by atoms with van der Waals surface area (Å²) in [6.45, 7) is 16.7. The zero-order valence-corrected chi connectivity index (χ0v) is 11.4. The van der Waals surface area contributed by atoms with Gasteiger partial charge in [0, 0.05) is 0 Å². The quantitative estimate of drug-likeness (QED) is 0.555. The third-order valence-corrected chi connectivity index (χ3v) is 4.06. The lowest BCUT2D eigenvalue weighted by atomic mass is 9.65. The van der Waals surface area contributed by atoms with Crippen LogP contribution in [0.2, 0.25) is 0 Å². The van der Waals surface area contributed by atoms with E-state index in [0.29, 0.717) is 5.41 Å². The Hall–Kier alpha value is 0. The molecule has 0 heterocycles. The highest BCUT2D eigenvalue weighted by Crippen LogP contribution is 2.42. The van der Waals surface area contributed by atoms with Crippen LogP contribution in [0.5, 0.6) is 0 Å². The standard InChI is InChI=1S/C14H30/c1-8-9-14(7,12(4)5)13(6)10-11(2)3/h11-13H,8-10H2,1-7H3. The van der Waals surface area contributed by atoms with Crippen LogP contribution in [-0.4, -0.2) is 0 Å². The van der Waals surface area contributed by atoms with Crippen molar-refractivity contribution in [1.29, 1.82) is 0 Å². The molecule has 0 aliphatic heterocycles. The summed E-state index contributed by atoms with van der Waals surface area (Å²) in [6.07, 6.45) is 4.06. The molecule has 0 aromatic heterocycles. The SMILES string of the molecule is CCCC(C)(C(C)C)C(C)CC(C)C. The maximum absolute atomic E-state index is 2.48. The molecule has 2 atom stereocenters. The lowest BCUT2D eigenvalue weighted by Crippen LogP contribution is -2.32. The van der Waals surface area contributed by atoms with Crippen LogP contribution in [0.25, 0.3) is 0 Å². The Labute approximate surface area is 91.5 Å². The molecule has 0 aromatic rings. The van der Waals surface area contributed by atoms with E-state index in [1.165, 1.54) is 19.3 Å². The number of hydrogen-bond acceptors (Lipinski definition) is 0. The molecule has 0 nitrogen and oxygen atoms in total. The van der Waals surface area contributed by atoms with E-state index in [4.69, 9.17) is 0 Å². The molecule has 0 amide bonds. The Bertz CT molecular complexity index is 146. The number of rotatable bonds is 6. The molecule has 86 valence electrons. The van der Waals surface area contributed by atoms with E-state index in [-0.39, 0.29) is 0 Å². The zero-order chi connectivity index (χ0) is 11.4. The Morgan fingerprint density at radius 2 is 1.50 bits per heavy atom. The predicted molar refractivity (Wildman–Crippen MR) is 66.5 cm³/mol. The first-order valence-electron chi connectivity index (χ1n) is 6.34. The number of hydrogen-bond donors (Lipinski definition) is 0. The van der Waals surface area contributed by atoms with Gasteiger partial charge in [0.15, 0.2) is 0 Å².